The lowest BCUT2D eigenvalue weighted by atomic mass is 9.97. The first-order valence-electron chi connectivity index (χ1n) is 12.0. The Morgan fingerprint density at radius 3 is 2.67 bits per heavy atom. The highest BCUT2D eigenvalue weighted by Crippen LogP contribution is 2.31. The van der Waals surface area contributed by atoms with Gasteiger partial charge in [-0.2, -0.15) is 0 Å². The number of rotatable bonds is 10. The predicted molar refractivity (Wildman–Crippen MR) is 134 cm³/mol. The van der Waals surface area contributed by atoms with Gasteiger partial charge in [0.15, 0.2) is 0 Å². The van der Waals surface area contributed by atoms with E-state index in [0.717, 1.165) is 54.8 Å². The molecule has 6 nitrogen and oxygen atoms in total. The lowest BCUT2D eigenvalue weighted by Gasteiger charge is -2.21. The van der Waals surface area contributed by atoms with Crippen molar-refractivity contribution in [3.63, 3.8) is 0 Å². The topological polar surface area (TPSA) is 83.1 Å². The number of halogens is 1. The van der Waals surface area contributed by atoms with Crippen molar-refractivity contribution in [2.24, 2.45) is 5.92 Å². The zero-order chi connectivity index (χ0) is 23.4. The number of aryl methyl sites for hydroxylation is 1. The van der Waals surface area contributed by atoms with Gasteiger partial charge in [0.25, 0.3) is 5.91 Å². The van der Waals surface area contributed by atoms with Gasteiger partial charge in [0, 0.05) is 17.1 Å². The van der Waals surface area contributed by atoms with Crippen LogP contribution in [0.2, 0.25) is 5.02 Å². The van der Waals surface area contributed by atoms with Crippen LogP contribution < -0.4 is 16.0 Å². The summed E-state index contributed by atoms with van der Waals surface area (Å²) >= 11 is 7.58. The molecule has 0 bridgehead atoms. The highest BCUT2D eigenvalue weighted by Gasteiger charge is 2.31. The fourth-order valence-electron chi connectivity index (χ4n) is 4.46. The number of nitrogens with zero attached hydrogens (tertiary/aromatic N) is 1. The molecule has 4 rings (SSSR count). The van der Waals surface area contributed by atoms with Crippen molar-refractivity contribution in [3.05, 3.63) is 44.9 Å². The average Bonchev–Trinajstić information content (AvgIpc) is 3.25. The molecule has 2 atom stereocenters. The van der Waals surface area contributed by atoms with Gasteiger partial charge in [0.05, 0.1) is 27.3 Å². The number of pyridine rings is 1. The number of anilines is 1. The van der Waals surface area contributed by atoms with E-state index in [9.17, 15) is 9.59 Å². The van der Waals surface area contributed by atoms with E-state index < -0.39 is 6.04 Å². The van der Waals surface area contributed by atoms with E-state index in [1.807, 2.05) is 18.2 Å². The van der Waals surface area contributed by atoms with Crippen LogP contribution in [0, 0.1) is 5.92 Å². The standard InChI is InChI=1S/C25H33ClN4O2S/c1-3-19-20(13-17(26)14-27-19)28-15(2)22-10-11-23(33-22)25(32)30-21(12-16-6-4-5-7-16)24(31)29-18-8-9-18/h10-11,13-16,18,21,28H,3-9,12H2,1-2H3,(H,29,31)(H,30,32). The third-order valence-corrected chi connectivity index (χ3v) is 7.98. The zero-order valence-corrected chi connectivity index (χ0v) is 20.9. The monoisotopic (exact) mass is 488 g/mol. The second-order valence-corrected chi connectivity index (χ2v) is 10.8. The normalized spacial score (nSPS) is 18.0. The van der Waals surface area contributed by atoms with Crippen LogP contribution in [0.4, 0.5) is 5.69 Å². The number of aromatic nitrogens is 1. The lowest BCUT2D eigenvalue weighted by Crippen LogP contribution is -2.48. The average molecular weight is 489 g/mol. The van der Waals surface area contributed by atoms with Crippen LogP contribution in [0.15, 0.2) is 24.4 Å². The number of hydrogen-bond acceptors (Lipinski definition) is 5. The van der Waals surface area contributed by atoms with Crippen LogP contribution in [0.25, 0.3) is 0 Å². The molecule has 3 N–H and O–H groups in total. The first-order valence-corrected chi connectivity index (χ1v) is 13.2. The predicted octanol–water partition coefficient (Wildman–Crippen LogP) is 5.49. The molecule has 2 aromatic heterocycles. The van der Waals surface area contributed by atoms with Crippen LogP contribution in [0.3, 0.4) is 0 Å². The van der Waals surface area contributed by atoms with E-state index in [1.54, 1.807) is 6.20 Å². The summed E-state index contributed by atoms with van der Waals surface area (Å²) in [7, 11) is 0. The Bertz CT molecular complexity index is 985. The summed E-state index contributed by atoms with van der Waals surface area (Å²) in [5.74, 6) is 0.304. The van der Waals surface area contributed by atoms with E-state index >= 15 is 0 Å². The molecule has 2 heterocycles. The maximum absolute atomic E-state index is 13.0. The van der Waals surface area contributed by atoms with Gasteiger partial charge in [-0.15, -0.1) is 11.3 Å². The Labute approximate surface area is 204 Å². The molecule has 2 fully saturated rings. The van der Waals surface area contributed by atoms with Crippen molar-refractivity contribution in [3.8, 4) is 0 Å². The molecule has 2 aromatic rings. The first kappa shape index (κ1) is 24.0. The summed E-state index contributed by atoms with van der Waals surface area (Å²) in [5.41, 5.74) is 1.86. The van der Waals surface area contributed by atoms with Gasteiger partial charge in [-0.25, -0.2) is 0 Å². The lowest BCUT2D eigenvalue weighted by molar-refractivity contribution is -0.123. The molecule has 178 valence electrons. The Morgan fingerprint density at radius 2 is 1.97 bits per heavy atom. The third kappa shape index (κ3) is 6.48. The van der Waals surface area contributed by atoms with Crippen molar-refractivity contribution in [1.29, 1.82) is 0 Å². The SMILES string of the molecule is CCc1ncc(Cl)cc1NC(C)c1ccc(C(=O)NC(CC2CCCC2)C(=O)NC2CC2)s1. The molecule has 2 saturated carbocycles. The Morgan fingerprint density at radius 1 is 1.21 bits per heavy atom. The van der Waals surface area contributed by atoms with Gasteiger partial charge in [-0.05, 0) is 56.7 Å². The van der Waals surface area contributed by atoms with Crippen LogP contribution in [0.5, 0.6) is 0 Å². The molecule has 2 aliphatic carbocycles. The van der Waals surface area contributed by atoms with Crippen molar-refractivity contribution >= 4 is 40.4 Å². The van der Waals surface area contributed by atoms with Crippen LogP contribution in [-0.4, -0.2) is 28.9 Å². The highest BCUT2D eigenvalue weighted by molar-refractivity contribution is 7.14. The number of thiophene rings is 1. The third-order valence-electron chi connectivity index (χ3n) is 6.51. The quantitative estimate of drug-likeness (QED) is 0.413. The van der Waals surface area contributed by atoms with Gasteiger partial charge in [-0.3, -0.25) is 14.6 Å². The van der Waals surface area contributed by atoms with Gasteiger partial charge in [0.2, 0.25) is 5.91 Å². The Balaban J connectivity index is 1.41. The highest BCUT2D eigenvalue weighted by atomic mass is 35.5. The summed E-state index contributed by atoms with van der Waals surface area (Å²) in [6.07, 6.45) is 9.99. The maximum atomic E-state index is 13.0. The minimum atomic E-state index is -0.466. The fraction of sp³-hybridized carbons (Fsp3) is 0.560. The molecule has 2 unspecified atom stereocenters. The van der Waals surface area contributed by atoms with Crippen LogP contribution >= 0.6 is 22.9 Å². The van der Waals surface area contributed by atoms with Crippen molar-refractivity contribution in [2.45, 2.75) is 83.3 Å². The van der Waals surface area contributed by atoms with Gasteiger partial charge in [-0.1, -0.05) is 44.2 Å². The molecule has 0 spiro atoms. The second-order valence-electron chi connectivity index (χ2n) is 9.26. The smallest absolute Gasteiger partial charge is 0.262 e. The van der Waals surface area contributed by atoms with Gasteiger partial charge < -0.3 is 16.0 Å². The fourth-order valence-corrected chi connectivity index (χ4v) is 5.53. The van der Waals surface area contributed by atoms with E-state index in [4.69, 9.17) is 11.6 Å². The summed E-state index contributed by atoms with van der Waals surface area (Å²) in [5, 5.41) is 10.2. The van der Waals surface area contributed by atoms with Crippen LogP contribution in [-0.2, 0) is 11.2 Å². The van der Waals surface area contributed by atoms with Gasteiger partial charge in [0.1, 0.15) is 6.04 Å². The van der Waals surface area contributed by atoms with Crippen molar-refractivity contribution in [1.82, 2.24) is 15.6 Å². The van der Waals surface area contributed by atoms with Crippen molar-refractivity contribution < 1.29 is 9.59 Å². The number of nitrogens with one attached hydrogen (secondary N) is 3. The molecule has 2 amide bonds. The largest absolute Gasteiger partial charge is 0.376 e. The molecule has 33 heavy (non-hydrogen) atoms. The van der Waals surface area contributed by atoms with E-state index in [-0.39, 0.29) is 23.9 Å². The molecule has 8 heteroatoms. The Hall–Kier alpha value is -2.12. The summed E-state index contributed by atoms with van der Waals surface area (Å²) in [4.78, 5) is 31.9. The van der Waals surface area contributed by atoms with Gasteiger partial charge >= 0.3 is 0 Å². The molecular formula is C25H33ClN4O2S. The minimum absolute atomic E-state index is 0.00503. The Kier molecular flexibility index (Phi) is 7.91. The minimum Gasteiger partial charge on any atom is -0.376 e. The summed E-state index contributed by atoms with van der Waals surface area (Å²) < 4.78 is 0. The number of carbonyl (C=O) groups is 2. The number of amides is 2. The zero-order valence-electron chi connectivity index (χ0n) is 19.3. The summed E-state index contributed by atoms with van der Waals surface area (Å²) in [6.45, 7) is 4.11. The second kappa shape index (κ2) is 10.9. The van der Waals surface area contributed by atoms with E-state index in [1.165, 1.54) is 24.2 Å². The number of carbonyl (C=O) groups excluding carboxylic acids is 2. The van der Waals surface area contributed by atoms with E-state index in [2.05, 4.69) is 34.8 Å². The first-order chi connectivity index (χ1) is 15.9. The number of hydrogen-bond donors (Lipinski definition) is 3. The molecule has 0 aliphatic heterocycles. The molecule has 0 aromatic carbocycles. The molecule has 0 saturated heterocycles. The van der Waals surface area contributed by atoms with Crippen LogP contribution in [0.1, 0.15) is 85.1 Å². The summed E-state index contributed by atoms with van der Waals surface area (Å²) in [6, 6.07) is 5.51. The molecular weight excluding hydrogens is 456 g/mol. The maximum Gasteiger partial charge on any atom is 0.262 e. The van der Waals surface area contributed by atoms with Crippen molar-refractivity contribution in [2.75, 3.05) is 5.32 Å². The molecule has 0 radical (unpaired) electrons. The molecule has 2 aliphatic rings. The van der Waals surface area contributed by atoms with E-state index in [0.29, 0.717) is 15.8 Å².